The van der Waals surface area contributed by atoms with E-state index in [0.29, 0.717) is 0 Å². The first-order valence-electron chi connectivity index (χ1n) is 3.05. The van der Waals surface area contributed by atoms with E-state index in [1.807, 2.05) is 19.2 Å². The number of rotatable bonds is 0. The zero-order chi connectivity index (χ0) is 6.97. The number of fused-ring (bicyclic) bond motifs is 1. The van der Waals surface area contributed by atoms with Gasteiger partial charge in [-0.05, 0) is 12.5 Å². The van der Waals surface area contributed by atoms with E-state index in [1.165, 1.54) is 0 Å². The van der Waals surface area contributed by atoms with Crippen LogP contribution in [0.4, 0.5) is 0 Å². The monoisotopic (exact) mass is 132 g/mol. The van der Waals surface area contributed by atoms with Gasteiger partial charge in [-0.25, -0.2) is 9.50 Å². The number of hydrogen-bond acceptors (Lipinski definition) is 2. The second kappa shape index (κ2) is 1.80. The van der Waals surface area contributed by atoms with Crippen LogP contribution >= 0.6 is 0 Å². The van der Waals surface area contributed by atoms with Gasteiger partial charge in [0.25, 0.3) is 0 Å². The predicted octanol–water partition coefficient (Wildman–Crippen LogP) is 0.838. The highest BCUT2D eigenvalue weighted by atomic mass is 15.2. The third kappa shape index (κ3) is 0.673. The van der Waals surface area contributed by atoms with Crippen molar-refractivity contribution < 1.29 is 0 Å². The molecule has 0 aliphatic heterocycles. The third-order valence-corrected chi connectivity index (χ3v) is 1.31. The highest BCUT2D eigenvalue weighted by Gasteiger charge is 1.92. The van der Waals surface area contributed by atoms with Crippen molar-refractivity contribution in [1.82, 2.24) is 14.6 Å². The van der Waals surface area contributed by atoms with Gasteiger partial charge < -0.3 is 0 Å². The summed E-state index contributed by atoms with van der Waals surface area (Å²) in [5.74, 6) is 0. The predicted molar refractivity (Wildman–Crippen MR) is 36.6 cm³/mol. The van der Waals surface area contributed by atoms with E-state index in [4.69, 9.17) is 0 Å². The molecule has 0 atom stereocenters. The molecule has 0 aromatic carbocycles. The van der Waals surface area contributed by atoms with Crippen LogP contribution in [0.3, 0.4) is 0 Å². The summed E-state index contributed by atoms with van der Waals surface area (Å²) < 4.78 is 1.73. The van der Waals surface area contributed by atoms with Gasteiger partial charge in [0.2, 0.25) is 0 Å². The van der Waals surface area contributed by atoms with Gasteiger partial charge in [0, 0.05) is 12.3 Å². The molecule has 0 unspecified atom stereocenters. The minimum absolute atomic E-state index is 0.839. The number of aromatic nitrogens is 3. The van der Waals surface area contributed by atoms with Crippen molar-refractivity contribution in [1.29, 1.82) is 0 Å². The molecule has 0 aliphatic rings. The van der Waals surface area contributed by atoms with E-state index < -0.39 is 0 Å². The van der Waals surface area contributed by atoms with Gasteiger partial charge in [-0.2, -0.15) is 5.10 Å². The van der Waals surface area contributed by atoms with Crippen LogP contribution in [-0.4, -0.2) is 14.6 Å². The Kier molecular flexibility index (Phi) is 0.974. The first kappa shape index (κ1) is 5.41. The molecular formula is C7H6N3. The zero-order valence-electron chi connectivity index (χ0n) is 5.57. The summed E-state index contributed by atoms with van der Waals surface area (Å²) in [7, 11) is 0. The lowest BCUT2D eigenvalue weighted by Gasteiger charge is -1.91. The molecule has 0 aliphatic carbocycles. The van der Waals surface area contributed by atoms with Gasteiger partial charge in [-0.15, -0.1) is 0 Å². The van der Waals surface area contributed by atoms with Crippen molar-refractivity contribution in [3.05, 3.63) is 30.2 Å². The fourth-order valence-electron chi connectivity index (χ4n) is 0.853. The average molecular weight is 132 g/mol. The van der Waals surface area contributed by atoms with Crippen LogP contribution in [0.1, 0.15) is 5.56 Å². The first-order chi connectivity index (χ1) is 4.86. The Labute approximate surface area is 58.3 Å². The Hall–Kier alpha value is -1.38. The maximum atomic E-state index is 4.02. The molecule has 0 spiro atoms. The van der Waals surface area contributed by atoms with Crippen LogP contribution in [-0.2, 0) is 0 Å². The lowest BCUT2D eigenvalue weighted by atomic mass is 10.4. The van der Waals surface area contributed by atoms with E-state index in [9.17, 15) is 0 Å². The molecule has 0 N–H and O–H groups in total. The Balaban J connectivity index is 2.86. The summed E-state index contributed by atoms with van der Waals surface area (Å²) in [5, 5.41) is 4.01. The Morgan fingerprint density at radius 2 is 2.50 bits per heavy atom. The quantitative estimate of drug-likeness (QED) is 0.531. The maximum Gasteiger partial charge on any atom is 0.155 e. The molecule has 0 bridgehead atoms. The Morgan fingerprint density at radius 1 is 1.60 bits per heavy atom. The van der Waals surface area contributed by atoms with Crippen LogP contribution in [0.25, 0.3) is 5.65 Å². The summed E-state index contributed by atoms with van der Waals surface area (Å²) in [6.07, 6.45) is 6.46. The van der Waals surface area contributed by atoms with Crippen molar-refractivity contribution in [2.45, 2.75) is 6.92 Å². The largest absolute Gasteiger partial charge is 0.227 e. The van der Waals surface area contributed by atoms with Gasteiger partial charge in [-0.1, -0.05) is 0 Å². The summed E-state index contributed by atoms with van der Waals surface area (Å²) in [6, 6.07) is 1.84. The SMILES string of the molecule is Cc1[c]nc2ccnn2c1. The molecule has 2 heterocycles. The van der Waals surface area contributed by atoms with Crippen molar-refractivity contribution in [2.24, 2.45) is 0 Å². The fourth-order valence-corrected chi connectivity index (χ4v) is 0.853. The third-order valence-electron chi connectivity index (χ3n) is 1.31. The lowest BCUT2D eigenvalue weighted by molar-refractivity contribution is 0.926. The van der Waals surface area contributed by atoms with Gasteiger partial charge in [0.05, 0.1) is 12.4 Å². The molecule has 0 fully saturated rings. The summed E-state index contributed by atoms with van der Waals surface area (Å²) >= 11 is 0. The van der Waals surface area contributed by atoms with Gasteiger partial charge >= 0.3 is 0 Å². The van der Waals surface area contributed by atoms with E-state index in [0.717, 1.165) is 11.2 Å². The molecule has 3 heteroatoms. The van der Waals surface area contributed by atoms with E-state index in [1.54, 1.807) is 10.7 Å². The van der Waals surface area contributed by atoms with Crippen LogP contribution in [0, 0.1) is 13.1 Å². The molecule has 2 rings (SSSR count). The molecule has 10 heavy (non-hydrogen) atoms. The fraction of sp³-hybridized carbons (Fsp3) is 0.143. The Bertz CT molecular complexity index is 350. The van der Waals surface area contributed by atoms with Crippen LogP contribution in [0.5, 0.6) is 0 Å². The normalized spacial score (nSPS) is 10.5. The van der Waals surface area contributed by atoms with Crippen LogP contribution in [0.2, 0.25) is 0 Å². The molecule has 0 saturated heterocycles. The van der Waals surface area contributed by atoms with Crippen LogP contribution < -0.4 is 0 Å². The van der Waals surface area contributed by atoms with Gasteiger partial charge in [-0.3, -0.25) is 0 Å². The summed E-state index contributed by atoms with van der Waals surface area (Å²) in [4.78, 5) is 4.02. The molecular weight excluding hydrogens is 126 g/mol. The van der Waals surface area contributed by atoms with Gasteiger partial charge in [0.15, 0.2) is 5.65 Å². The zero-order valence-corrected chi connectivity index (χ0v) is 5.57. The van der Waals surface area contributed by atoms with E-state index >= 15 is 0 Å². The lowest BCUT2D eigenvalue weighted by Crippen LogP contribution is -1.89. The first-order valence-corrected chi connectivity index (χ1v) is 3.05. The molecule has 2 aromatic rings. The van der Waals surface area contributed by atoms with Crippen molar-refractivity contribution >= 4 is 5.65 Å². The minimum Gasteiger partial charge on any atom is -0.227 e. The summed E-state index contributed by atoms with van der Waals surface area (Å²) in [5.41, 5.74) is 1.84. The average Bonchev–Trinajstić information content (AvgIpc) is 2.33. The standard InChI is InChI=1S/C7H6N3/c1-6-4-8-7-2-3-9-10(7)5-6/h2-3,5H,1H3. The molecule has 2 aromatic heterocycles. The van der Waals surface area contributed by atoms with Crippen molar-refractivity contribution in [3.63, 3.8) is 0 Å². The van der Waals surface area contributed by atoms with Crippen molar-refractivity contribution in [3.8, 4) is 0 Å². The highest BCUT2D eigenvalue weighted by molar-refractivity contribution is 5.35. The molecule has 3 nitrogen and oxygen atoms in total. The van der Waals surface area contributed by atoms with Crippen molar-refractivity contribution in [2.75, 3.05) is 0 Å². The highest BCUT2D eigenvalue weighted by Crippen LogP contribution is 1.97. The minimum atomic E-state index is 0.839. The number of aryl methyl sites for hydroxylation is 1. The molecule has 0 saturated carbocycles. The molecule has 49 valence electrons. The molecule has 1 radical (unpaired) electrons. The smallest absolute Gasteiger partial charge is 0.155 e. The van der Waals surface area contributed by atoms with E-state index in [2.05, 4.69) is 16.3 Å². The van der Waals surface area contributed by atoms with E-state index in [-0.39, 0.29) is 0 Å². The second-order valence-electron chi connectivity index (χ2n) is 2.17. The van der Waals surface area contributed by atoms with Crippen LogP contribution in [0.15, 0.2) is 18.5 Å². The molecule has 0 amide bonds. The number of nitrogens with zero attached hydrogens (tertiary/aromatic N) is 3. The second-order valence-corrected chi connectivity index (χ2v) is 2.17. The Morgan fingerprint density at radius 3 is 3.40 bits per heavy atom. The maximum absolute atomic E-state index is 4.02. The summed E-state index contributed by atoms with van der Waals surface area (Å²) in [6.45, 7) is 1.94. The van der Waals surface area contributed by atoms with Gasteiger partial charge in [0.1, 0.15) is 0 Å². The topological polar surface area (TPSA) is 30.2 Å². The number of hydrogen-bond donors (Lipinski definition) is 0.